The molecule has 25 heavy (non-hydrogen) atoms. The third-order valence-electron chi connectivity index (χ3n) is 4.50. The lowest BCUT2D eigenvalue weighted by Gasteiger charge is -2.27. The Morgan fingerprint density at radius 3 is 2.44 bits per heavy atom. The molecule has 1 unspecified atom stereocenters. The number of hydrogen-bond donors (Lipinski definition) is 1. The number of rotatable bonds is 2. The van der Waals surface area contributed by atoms with Gasteiger partial charge in [-0.05, 0) is 24.6 Å². The molecule has 0 aliphatic carbocycles. The van der Waals surface area contributed by atoms with Crippen molar-refractivity contribution in [3.05, 3.63) is 23.8 Å². The van der Waals surface area contributed by atoms with Gasteiger partial charge in [0.2, 0.25) is 0 Å². The molecule has 0 saturated carbocycles. The fraction of sp³-hybridized carbons (Fsp3) is 0.500. The Morgan fingerprint density at radius 1 is 1.16 bits per heavy atom. The van der Waals surface area contributed by atoms with Gasteiger partial charge in [-0.1, -0.05) is 0 Å². The maximum atomic E-state index is 13.2. The molecular formula is C16H16F3NO5. The second-order valence-electron chi connectivity index (χ2n) is 6.07. The molecule has 0 spiro atoms. The molecule has 1 N–H and O–H groups in total. The van der Waals surface area contributed by atoms with E-state index in [4.69, 9.17) is 14.6 Å². The average molecular weight is 359 g/mol. The van der Waals surface area contributed by atoms with Gasteiger partial charge in [0.1, 0.15) is 0 Å². The van der Waals surface area contributed by atoms with Crippen molar-refractivity contribution in [2.75, 3.05) is 26.3 Å². The van der Waals surface area contributed by atoms with Crippen molar-refractivity contribution in [3.63, 3.8) is 0 Å². The number of fused-ring (bicyclic) bond motifs is 1. The molecule has 9 heteroatoms. The predicted molar refractivity (Wildman–Crippen MR) is 78.7 cm³/mol. The van der Waals surface area contributed by atoms with Crippen molar-refractivity contribution < 1.29 is 37.3 Å². The van der Waals surface area contributed by atoms with Crippen LogP contribution >= 0.6 is 0 Å². The van der Waals surface area contributed by atoms with Gasteiger partial charge in [-0.15, -0.1) is 0 Å². The first-order valence-corrected chi connectivity index (χ1v) is 7.74. The number of carboxylic acid groups (broad SMARTS) is 1. The molecule has 2 heterocycles. The molecule has 1 saturated heterocycles. The van der Waals surface area contributed by atoms with Crippen LogP contribution in [0.4, 0.5) is 13.2 Å². The van der Waals surface area contributed by atoms with Crippen LogP contribution in [0.3, 0.4) is 0 Å². The number of halogens is 3. The first kappa shape index (κ1) is 17.4. The Hall–Kier alpha value is -2.45. The van der Waals surface area contributed by atoms with Crippen molar-refractivity contribution in [2.24, 2.45) is 5.41 Å². The summed E-state index contributed by atoms with van der Waals surface area (Å²) in [6.45, 7) is -0.304. The molecule has 1 aromatic rings. The minimum Gasteiger partial charge on any atom is -0.490 e. The van der Waals surface area contributed by atoms with Gasteiger partial charge in [0.15, 0.2) is 16.9 Å². The van der Waals surface area contributed by atoms with Crippen LogP contribution in [0.25, 0.3) is 0 Å². The topological polar surface area (TPSA) is 76.1 Å². The Morgan fingerprint density at radius 2 is 1.84 bits per heavy atom. The third kappa shape index (κ3) is 2.98. The fourth-order valence-corrected chi connectivity index (χ4v) is 2.99. The molecule has 0 radical (unpaired) electrons. The molecule has 3 rings (SSSR count). The van der Waals surface area contributed by atoms with E-state index in [0.29, 0.717) is 31.1 Å². The van der Waals surface area contributed by atoms with Crippen molar-refractivity contribution in [1.82, 2.24) is 4.90 Å². The smallest absolute Gasteiger partial charge is 0.406 e. The molecule has 1 atom stereocenters. The van der Waals surface area contributed by atoms with Gasteiger partial charge in [-0.2, -0.15) is 13.2 Å². The minimum absolute atomic E-state index is 0.132. The van der Waals surface area contributed by atoms with Gasteiger partial charge in [0.25, 0.3) is 5.91 Å². The molecule has 0 aromatic heterocycles. The highest BCUT2D eigenvalue weighted by molar-refractivity contribution is 5.95. The number of amides is 1. The van der Waals surface area contributed by atoms with Crippen molar-refractivity contribution in [2.45, 2.75) is 19.0 Å². The van der Waals surface area contributed by atoms with Crippen LogP contribution in [0.15, 0.2) is 18.2 Å². The minimum atomic E-state index is -4.93. The van der Waals surface area contributed by atoms with E-state index in [1.165, 1.54) is 18.2 Å². The van der Waals surface area contributed by atoms with Gasteiger partial charge < -0.3 is 19.5 Å². The summed E-state index contributed by atoms with van der Waals surface area (Å²) >= 11 is 0. The van der Waals surface area contributed by atoms with E-state index in [-0.39, 0.29) is 12.1 Å². The zero-order valence-corrected chi connectivity index (χ0v) is 13.1. The molecule has 1 aromatic carbocycles. The number of carbonyl (C=O) groups excluding carboxylic acids is 1. The molecule has 2 aliphatic rings. The Balaban J connectivity index is 1.83. The lowest BCUT2D eigenvalue weighted by atomic mass is 9.86. The molecule has 1 fully saturated rings. The van der Waals surface area contributed by atoms with Crippen LogP contribution in [-0.4, -0.2) is 54.4 Å². The lowest BCUT2D eigenvalue weighted by Crippen LogP contribution is -2.47. The highest BCUT2D eigenvalue weighted by Crippen LogP contribution is 2.46. The molecular weight excluding hydrogens is 343 g/mol. The Kier molecular flexibility index (Phi) is 4.26. The van der Waals surface area contributed by atoms with Crippen molar-refractivity contribution in [1.29, 1.82) is 0 Å². The van der Waals surface area contributed by atoms with E-state index in [2.05, 4.69) is 0 Å². The number of likely N-dealkylation sites (tertiary alicyclic amines) is 1. The highest BCUT2D eigenvalue weighted by atomic mass is 19.4. The number of nitrogens with zero attached hydrogens (tertiary/aromatic N) is 1. The van der Waals surface area contributed by atoms with E-state index >= 15 is 0 Å². The van der Waals surface area contributed by atoms with Gasteiger partial charge in [0.05, 0.1) is 13.2 Å². The van der Waals surface area contributed by atoms with E-state index in [9.17, 15) is 22.8 Å². The largest absolute Gasteiger partial charge is 0.490 e. The van der Waals surface area contributed by atoms with E-state index in [1.54, 1.807) is 0 Å². The summed E-state index contributed by atoms with van der Waals surface area (Å²) in [5, 5.41) is 9.06. The van der Waals surface area contributed by atoms with Gasteiger partial charge in [0, 0.05) is 25.1 Å². The Bertz CT molecular complexity index is 706. The number of aliphatic carboxylic acids is 1. The van der Waals surface area contributed by atoms with E-state index in [0.717, 1.165) is 4.90 Å². The number of carboxylic acids is 1. The number of hydrogen-bond acceptors (Lipinski definition) is 4. The van der Waals surface area contributed by atoms with Gasteiger partial charge in [-0.25, -0.2) is 0 Å². The number of benzene rings is 1. The van der Waals surface area contributed by atoms with Gasteiger partial charge >= 0.3 is 12.1 Å². The van der Waals surface area contributed by atoms with Crippen LogP contribution < -0.4 is 9.47 Å². The molecule has 2 aliphatic heterocycles. The van der Waals surface area contributed by atoms with Crippen LogP contribution in [0.5, 0.6) is 11.5 Å². The summed E-state index contributed by atoms with van der Waals surface area (Å²) < 4.78 is 50.6. The number of ether oxygens (including phenoxy) is 2. The zero-order chi connectivity index (χ0) is 18.2. The summed E-state index contributed by atoms with van der Waals surface area (Å²) in [7, 11) is 0. The fourth-order valence-electron chi connectivity index (χ4n) is 2.99. The van der Waals surface area contributed by atoms with E-state index in [1.807, 2.05) is 0 Å². The highest BCUT2D eigenvalue weighted by Gasteiger charge is 2.64. The molecule has 6 nitrogen and oxygen atoms in total. The SMILES string of the molecule is O=C(c1ccc2c(c1)OCCCO2)N1CCC(C(=O)O)(C(F)(F)F)C1. The normalized spacial score (nSPS) is 23.2. The summed E-state index contributed by atoms with van der Waals surface area (Å²) in [4.78, 5) is 24.7. The van der Waals surface area contributed by atoms with Crippen molar-refractivity contribution >= 4 is 11.9 Å². The summed E-state index contributed by atoms with van der Waals surface area (Å²) in [6, 6.07) is 4.37. The first-order chi connectivity index (χ1) is 11.7. The van der Waals surface area contributed by atoms with Crippen molar-refractivity contribution in [3.8, 4) is 11.5 Å². The van der Waals surface area contributed by atoms with Gasteiger partial charge in [-0.3, -0.25) is 9.59 Å². The standard InChI is InChI=1S/C16H16F3NO5/c17-16(18,19)15(14(22)23)4-5-20(9-15)13(21)10-2-3-11-12(8-10)25-7-1-6-24-11/h2-3,8H,1,4-7,9H2,(H,22,23). The average Bonchev–Trinajstić information content (AvgIpc) is 2.89. The summed E-state index contributed by atoms with van der Waals surface area (Å²) in [5.74, 6) is -1.81. The van der Waals surface area contributed by atoms with Crippen LogP contribution in [0, 0.1) is 5.41 Å². The monoisotopic (exact) mass is 359 g/mol. The Labute approximate surface area is 141 Å². The molecule has 0 bridgehead atoms. The lowest BCUT2D eigenvalue weighted by molar-refractivity contribution is -0.227. The quantitative estimate of drug-likeness (QED) is 0.877. The summed E-state index contributed by atoms with van der Waals surface area (Å²) in [5.41, 5.74) is -2.79. The molecule has 136 valence electrons. The van der Waals surface area contributed by atoms with Crippen LogP contribution in [0.1, 0.15) is 23.2 Å². The number of carbonyl (C=O) groups is 2. The second-order valence-corrected chi connectivity index (χ2v) is 6.07. The zero-order valence-electron chi connectivity index (χ0n) is 13.1. The predicted octanol–water partition coefficient (Wildman–Crippen LogP) is 2.33. The maximum Gasteiger partial charge on any atom is 0.406 e. The maximum absolute atomic E-state index is 13.2. The third-order valence-corrected chi connectivity index (χ3v) is 4.50. The second kappa shape index (κ2) is 6.12. The first-order valence-electron chi connectivity index (χ1n) is 7.74. The number of alkyl halides is 3. The van der Waals surface area contributed by atoms with Crippen LogP contribution in [0.2, 0.25) is 0 Å². The van der Waals surface area contributed by atoms with E-state index < -0.39 is 36.4 Å². The van der Waals surface area contributed by atoms with Crippen LogP contribution in [-0.2, 0) is 4.79 Å². The summed E-state index contributed by atoms with van der Waals surface area (Å²) in [6.07, 6.45) is -4.92. The molecule has 1 amide bonds.